The molecule has 0 bridgehead atoms. The normalized spacial score (nSPS) is 35.2. The number of sulfone groups is 1. The summed E-state index contributed by atoms with van der Waals surface area (Å²) in [7, 11) is -1.34. The molecular formula is C8H17NO3S. The monoisotopic (exact) mass is 207 g/mol. The van der Waals surface area contributed by atoms with Gasteiger partial charge in [-0.25, -0.2) is 8.42 Å². The minimum Gasteiger partial charge on any atom is -0.383 e. The first-order valence-corrected chi connectivity index (χ1v) is 6.29. The predicted molar refractivity (Wildman–Crippen MR) is 51.3 cm³/mol. The van der Waals surface area contributed by atoms with Crippen LogP contribution in [0.1, 0.15) is 19.3 Å². The molecule has 78 valence electrons. The van der Waals surface area contributed by atoms with Gasteiger partial charge in [0.2, 0.25) is 0 Å². The Balaban J connectivity index is 2.63. The highest BCUT2D eigenvalue weighted by Gasteiger charge is 2.40. The van der Waals surface area contributed by atoms with E-state index < -0.39 is 15.4 Å². The third kappa shape index (κ3) is 2.65. The minimum atomic E-state index is -2.93. The van der Waals surface area contributed by atoms with Crippen molar-refractivity contribution in [3.8, 4) is 0 Å². The Morgan fingerprint density at radius 2 is 2.23 bits per heavy atom. The van der Waals surface area contributed by atoms with Crippen molar-refractivity contribution < 1.29 is 13.2 Å². The van der Waals surface area contributed by atoms with E-state index in [4.69, 9.17) is 10.5 Å². The minimum absolute atomic E-state index is 0.271. The van der Waals surface area contributed by atoms with Crippen LogP contribution in [0, 0.1) is 0 Å². The molecule has 2 N–H and O–H groups in total. The maximum atomic E-state index is 11.2. The van der Waals surface area contributed by atoms with E-state index in [0.717, 1.165) is 6.42 Å². The second-order valence-corrected chi connectivity index (χ2v) is 6.32. The largest absolute Gasteiger partial charge is 0.383 e. The molecule has 5 heteroatoms. The zero-order valence-electron chi connectivity index (χ0n) is 8.12. The quantitative estimate of drug-likeness (QED) is 0.703. The number of rotatable bonds is 3. The molecule has 1 rings (SSSR count). The average molecular weight is 207 g/mol. The molecule has 0 aromatic carbocycles. The number of hydrogen-bond acceptors (Lipinski definition) is 4. The molecule has 0 amide bonds. The summed E-state index contributed by atoms with van der Waals surface area (Å²) in [5, 5.41) is -0.271. The van der Waals surface area contributed by atoms with Gasteiger partial charge < -0.3 is 10.5 Å². The fourth-order valence-corrected chi connectivity index (χ4v) is 3.07. The van der Waals surface area contributed by atoms with Crippen LogP contribution in [0.15, 0.2) is 0 Å². The molecule has 1 saturated carbocycles. The van der Waals surface area contributed by atoms with E-state index in [1.807, 2.05) is 0 Å². The number of nitrogens with two attached hydrogens (primary N) is 1. The maximum absolute atomic E-state index is 11.2. The fraction of sp³-hybridized carbons (Fsp3) is 1.00. The van der Waals surface area contributed by atoms with Gasteiger partial charge in [-0.05, 0) is 19.3 Å². The Kier molecular flexibility index (Phi) is 2.99. The summed E-state index contributed by atoms with van der Waals surface area (Å²) in [5.41, 5.74) is 5.54. The molecule has 0 radical (unpaired) electrons. The number of methoxy groups -OCH3 is 1. The van der Waals surface area contributed by atoms with Crippen LogP contribution in [0.5, 0.6) is 0 Å². The zero-order valence-corrected chi connectivity index (χ0v) is 8.93. The van der Waals surface area contributed by atoms with Crippen LogP contribution in [-0.4, -0.2) is 39.2 Å². The second-order valence-electron chi connectivity index (χ2n) is 3.99. The van der Waals surface area contributed by atoms with E-state index in [-0.39, 0.29) is 5.25 Å². The topological polar surface area (TPSA) is 69.4 Å². The highest BCUT2D eigenvalue weighted by Crippen LogP contribution is 2.31. The van der Waals surface area contributed by atoms with Crippen LogP contribution in [0.25, 0.3) is 0 Å². The van der Waals surface area contributed by atoms with E-state index in [0.29, 0.717) is 19.4 Å². The van der Waals surface area contributed by atoms with Gasteiger partial charge in [-0.1, -0.05) is 0 Å². The molecule has 0 aromatic heterocycles. The Morgan fingerprint density at radius 1 is 1.62 bits per heavy atom. The molecule has 0 unspecified atom stereocenters. The van der Waals surface area contributed by atoms with Crippen molar-refractivity contribution in [1.29, 1.82) is 0 Å². The lowest BCUT2D eigenvalue weighted by Gasteiger charge is -2.22. The average Bonchev–Trinajstić information content (AvgIpc) is 2.31. The molecule has 1 aliphatic rings. The lowest BCUT2D eigenvalue weighted by molar-refractivity contribution is 0.135. The fourth-order valence-electron chi connectivity index (χ4n) is 1.89. The molecule has 0 heterocycles. The third-order valence-corrected chi connectivity index (χ3v) is 4.25. The van der Waals surface area contributed by atoms with Crippen molar-refractivity contribution in [2.45, 2.75) is 30.1 Å². The Hall–Kier alpha value is -0.130. The molecule has 1 aliphatic carbocycles. The van der Waals surface area contributed by atoms with Crippen molar-refractivity contribution in [3.63, 3.8) is 0 Å². The van der Waals surface area contributed by atoms with Crippen LogP contribution in [0.3, 0.4) is 0 Å². The molecular weight excluding hydrogens is 190 g/mol. The molecule has 4 nitrogen and oxygen atoms in total. The van der Waals surface area contributed by atoms with E-state index in [2.05, 4.69) is 0 Å². The van der Waals surface area contributed by atoms with Gasteiger partial charge in [0, 0.05) is 18.9 Å². The Bertz CT molecular complexity index is 275. The Morgan fingerprint density at radius 3 is 2.62 bits per heavy atom. The van der Waals surface area contributed by atoms with Gasteiger partial charge in [-0.3, -0.25) is 0 Å². The van der Waals surface area contributed by atoms with Crippen molar-refractivity contribution in [1.82, 2.24) is 0 Å². The SMILES string of the molecule is COC[C@@]1(N)CC[C@H](S(C)(=O)=O)C1. The first kappa shape index (κ1) is 10.9. The summed E-state index contributed by atoms with van der Waals surface area (Å²) >= 11 is 0. The van der Waals surface area contributed by atoms with E-state index >= 15 is 0 Å². The second kappa shape index (κ2) is 3.55. The van der Waals surface area contributed by atoms with Gasteiger partial charge in [0.05, 0.1) is 11.9 Å². The summed E-state index contributed by atoms with van der Waals surface area (Å²) < 4.78 is 27.4. The van der Waals surface area contributed by atoms with Crippen LogP contribution < -0.4 is 5.73 Å². The first-order chi connectivity index (χ1) is 5.87. The van der Waals surface area contributed by atoms with E-state index in [1.54, 1.807) is 7.11 Å². The summed E-state index contributed by atoms with van der Waals surface area (Å²) in [6.45, 7) is 0.443. The van der Waals surface area contributed by atoms with Crippen molar-refractivity contribution >= 4 is 9.84 Å². The first-order valence-electron chi connectivity index (χ1n) is 4.34. The van der Waals surface area contributed by atoms with Crippen LogP contribution in [-0.2, 0) is 14.6 Å². The van der Waals surface area contributed by atoms with E-state index in [1.165, 1.54) is 6.26 Å². The molecule has 0 aliphatic heterocycles. The molecule has 0 aromatic rings. The van der Waals surface area contributed by atoms with Crippen LogP contribution in [0.4, 0.5) is 0 Å². The van der Waals surface area contributed by atoms with Gasteiger partial charge in [0.1, 0.15) is 9.84 Å². The van der Waals surface area contributed by atoms with Crippen LogP contribution in [0.2, 0.25) is 0 Å². The summed E-state index contributed by atoms with van der Waals surface area (Å²) in [6.07, 6.45) is 3.20. The van der Waals surface area contributed by atoms with Gasteiger partial charge in [0.15, 0.2) is 0 Å². The molecule has 2 atom stereocenters. The highest BCUT2D eigenvalue weighted by molar-refractivity contribution is 7.91. The summed E-state index contributed by atoms with van der Waals surface area (Å²) in [6, 6.07) is 0. The van der Waals surface area contributed by atoms with Gasteiger partial charge in [0.25, 0.3) is 0 Å². The molecule has 0 spiro atoms. The van der Waals surface area contributed by atoms with Gasteiger partial charge in [-0.15, -0.1) is 0 Å². The standard InChI is InChI=1S/C8H17NO3S/c1-12-6-8(9)4-3-7(5-8)13(2,10)11/h7H,3-6,9H2,1-2H3/t7-,8+/m0/s1. The highest BCUT2D eigenvalue weighted by atomic mass is 32.2. The molecule has 13 heavy (non-hydrogen) atoms. The maximum Gasteiger partial charge on any atom is 0.150 e. The van der Waals surface area contributed by atoms with Gasteiger partial charge in [-0.2, -0.15) is 0 Å². The summed E-state index contributed by atoms with van der Waals surface area (Å²) in [5.74, 6) is 0. The van der Waals surface area contributed by atoms with Crippen molar-refractivity contribution in [2.24, 2.45) is 5.73 Å². The third-order valence-electron chi connectivity index (χ3n) is 2.64. The zero-order chi connectivity index (χ0) is 10.1. The van der Waals surface area contributed by atoms with Gasteiger partial charge >= 0.3 is 0 Å². The van der Waals surface area contributed by atoms with Crippen molar-refractivity contribution in [2.75, 3.05) is 20.0 Å². The predicted octanol–water partition coefficient (Wildman–Crippen LogP) is -0.0726. The number of ether oxygens (including phenoxy) is 1. The lowest BCUT2D eigenvalue weighted by atomic mass is 10.0. The lowest BCUT2D eigenvalue weighted by Crippen LogP contribution is -2.42. The number of hydrogen-bond donors (Lipinski definition) is 1. The molecule has 1 fully saturated rings. The smallest absolute Gasteiger partial charge is 0.150 e. The van der Waals surface area contributed by atoms with Crippen LogP contribution >= 0.6 is 0 Å². The Labute approximate surface area is 79.4 Å². The molecule has 0 saturated heterocycles. The summed E-state index contributed by atoms with van der Waals surface area (Å²) in [4.78, 5) is 0. The van der Waals surface area contributed by atoms with Crippen molar-refractivity contribution in [3.05, 3.63) is 0 Å². The van der Waals surface area contributed by atoms with E-state index in [9.17, 15) is 8.42 Å².